The zero-order valence-electron chi connectivity index (χ0n) is 11.5. The maximum Gasteiger partial charge on any atom is 0.238 e. The summed E-state index contributed by atoms with van der Waals surface area (Å²) >= 11 is 0. The van der Waals surface area contributed by atoms with E-state index >= 15 is 0 Å². The van der Waals surface area contributed by atoms with Crippen molar-refractivity contribution in [2.24, 2.45) is 0 Å². The summed E-state index contributed by atoms with van der Waals surface area (Å²) < 4.78 is 0. The average Bonchev–Trinajstić information content (AvgIpc) is 2.48. The number of aromatic nitrogens is 1. The van der Waals surface area contributed by atoms with Gasteiger partial charge in [0.25, 0.3) is 0 Å². The number of piperidine rings is 1. The number of anilines is 1. The molecule has 0 radical (unpaired) electrons. The maximum atomic E-state index is 12.1. The van der Waals surface area contributed by atoms with E-state index in [0.717, 1.165) is 29.5 Å². The third-order valence-corrected chi connectivity index (χ3v) is 3.74. The van der Waals surface area contributed by atoms with E-state index in [0.29, 0.717) is 6.54 Å². The first-order valence-electron chi connectivity index (χ1n) is 7.17. The summed E-state index contributed by atoms with van der Waals surface area (Å²) in [5.74, 6) is 0.0697. The van der Waals surface area contributed by atoms with E-state index in [2.05, 4.69) is 15.2 Å². The predicted molar refractivity (Wildman–Crippen MR) is 80.7 cm³/mol. The predicted octanol–water partition coefficient (Wildman–Crippen LogP) is 2.66. The van der Waals surface area contributed by atoms with Gasteiger partial charge in [-0.05, 0) is 49.5 Å². The van der Waals surface area contributed by atoms with E-state index in [1.54, 1.807) is 6.20 Å². The van der Waals surface area contributed by atoms with Gasteiger partial charge in [-0.3, -0.25) is 14.7 Å². The van der Waals surface area contributed by atoms with E-state index in [4.69, 9.17) is 0 Å². The normalized spacial score (nSPS) is 16.2. The smallest absolute Gasteiger partial charge is 0.238 e. The first-order chi connectivity index (χ1) is 9.81. The number of carbonyl (C=O) groups excluding carboxylic acids is 1. The lowest BCUT2D eigenvalue weighted by molar-refractivity contribution is -0.117. The minimum atomic E-state index is 0.0697. The molecule has 20 heavy (non-hydrogen) atoms. The lowest BCUT2D eigenvalue weighted by Crippen LogP contribution is -2.36. The largest absolute Gasteiger partial charge is 0.325 e. The van der Waals surface area contributed by atoms with Crippen LogP contribution in [0.1, 0.15) is 19.3 Å². The first-order valence-corrected chi connectivity index (χ1v) is 7.17. The van der Waals surface area contributed by atoms with Crippen molar-refractivity contribution < 1.29 is 4.79 Å². The van der Waals surface area contributed by atoms with Crippen LogP contribution in [0.2, 0.25) is 0 Å². The van der Waals surface area contributed by atoms with Gasteiger partial charge in [0, 0.05) is 23.5 Å². The van der Waals surface area contributed by atoms with Crippen molar-refractivity contribution in [2.45, 2.75) is 19.3 Å². The van der Waals surface area contributed by atoms with Crippen LogP contribution in [0.4, 0.5) is 5.69 Å². The van der Waals surface area contributed by atoms with Gasteiger partial charge in [-0.15, -0.1) is 0 Å². The van der Waals surface area contributed by atoms with Crippen LogP contribution in [0.25, 0.3) is 10.8 Å². The first kappa shape index (κ1) is 13.1. The van der Waals surface area contributed by atoms with E-state index < -0.39 is 0 Å². The van der Waals surface area contributed by atoms with Gasteiger partial charge in [-0.25, -0.2) is 0 Å². The Morgan fingerprint density at radius 3 is 2.85 bits per heavy atom. The summed E-state index contributed by atoms with van der Waals surface area (Å²) in [6, 6.07) is 7.86. The third-order valence-electron chi connectivity index (χ3n) is 3.74. The molecule has 2 aromatic rings. The third kappa shape index (κ3) is 3.14. The molecule has 0 saturated carbocycles. The average molecular weight is 269 g/mol. The molecule has 1 fully saturated rings. The van der Waals surface area contributed by atoms with Gasteiger partial charge in [-0.2, -0.15) is 0 Å². The van der Waals surface area contributed by atoms with Crippen LogP contribution in [0, 0.1) is 0 Å². The van der Waals surface area contributed by atoms with Crippen molar-refractivity contribution >= 4 is 22.4 Å². The number of hydrogen-bond donors (Lipinski definition) is 1. The molecule has 0 aliphatic carbocycles. The molecule has 1 saturated heterocycles. The molecule has 3 rings (SSSR count). The van der Waals surface area contributed by atoms with Crippen molar-refractivity contribution in [2.75, 3.05) is 25.0 Å². The minimum Gasteiger partial charge on any atom is -0.325 e. The lowest BCUT2D eigenvalue weighted by atomic mass is 10.1. The van der Waals surface area contributed by atoms with Crippen molar-refractivity contribution in [1.82, 2.24) is 9.88 Å². The van der Waals surface area contributed by atoms with Gasteiger partial charge in [0.1, 0.15) is 0 Å². The second-order valence-corrected chi connectivity index (χ2v) is 5.32. The molecule has 1 aromatic carbocycles. The fourth-order valence-electron chi connectivity index (χ4n) is 2.68. The van der Waals surface area contributed by atoms with E-state index in [1.807, 2.05) is 30.5 Å². The summed E-state index contributed by atoms with van der Waals surface area (Å²) in [5, 5.41) is 5.16. The Balaban J connectivity index is 1.64. The summed E-state index contributed by atoms with van der Waals surface area (Å²) in [5.41, 5.74) is 0.853. The topological polar surface area (TPSA) is 45.2 Å². The van der Waals surface area contributed by atoms with Gasteiger partial charge in [0.05, 0.1) is 6.54 Å². The summed E-state index contributed by atoms with van der Waals surface area (Å²) in [4.78, 5) is 18.4. The Bertz CT molecular complexity index is 605. The Morgan fingerprint density at radius 2 is 2.00 bits per heavy atom. The number of pyridine rings is 1. The number of carbonyl (C=O) groups is 1. The SMILES string of the molecule is O=C(CN1CCCCC1)Nc1ccc2cnccc2c1. The lowest BCUT2D eigenvalue weighted by Gasteiger charge is -2.25. The van der Waals surface area contributed by atoms with Gasteiger partial charge in [0.15, 0.2) is 0 Å². The van der Waals surface area contributed by atoms with E-state index in [-0.39, 0.29) is 5.91 Å². The van der Waals surface area contributed by atoms with Gasteiger partial charge in [0.2, 0.25) is 5.91 Å². The molecule has 1 aliphatic heterocycles. The van der Waals surface area contributed by atoms with Crippen molar-refractivity contribution in [3.8, 4) is 0 Å². The van der Waals surface area contributed by atoms with Gasteiger partial charge < -0.3 is 5.32 Å². The van der Waals surface area contributed by atoms with E-state index in [1.165, 1.54) is 19.3 Å². The Morgan fingerprint density at radius 1 is 1.15 bits per heavy atom. The van der Waals surface area contributed by atoms with Crippen molar-refractivity contribution in [1.29, 1.82) is 0 Å². The maximum absolute atomic E-state index is 12.1. The highest BCUT2D eigenvalue weighted by Crippen LogP contribution is 2.18. The van der Waals surface area contributed by atoms with Gasteiger partial charge in [-0.1, -0.05) is 12.5 Å². The number of benzene rings is 1. The molecule has 1 amide bonds. The fraction of sp³-hybridized carbons (Fsp3) is 0.375. The van der Waals surface area contributed by atoms with Crippen molar-refractivity contribution in [3.63, 3.8) is 0 Å². The Hall–Kier alpha value is -1.94. The highest BCUT2D eigenvalue weighted by atomic mass is 16.2. The Labute approximate surface area is 118 Å². The standard InChI is InChI=1S/C16H19N3O/c20-16(12-19-8-2-1-3-9-19)18-15-5-4-14-11-17-7-6-13(14)10-15/h4-7,10-11H,1-3,8-9,12H2,(H,18,20). The molecule has 1 N–H and O–H groups in total. The van der Waals surface area contributed by atoms with Crippen LogP contribution in [0.3, 0.4) is 0 Å². The number of fused-ring (bicyclic) bond motifs is 1. The molecule has 0 spiro atoms. The quantitative estimate of drug-likeness (QED) is 0.931. The molecule has 1 aromatic heterocycles. The van der Waals surface area contributed by atoms with Crippen LogP contribution in [0.15, 0.2) is 36.7 Å². The molecule has 0 atom stereocenters. The number of likely N-dealkylation sites (tertiary alicyclic amines) is 1. The molecular weight excluding hydrogens is 250 g/mol. The molecule has 1 aliphatic rings. The number of nitrogens with one attached hydrogen (secondary N) is 1. The molecular formula is C16H19N3O. The number of hydrogen-bond acceptors (Lipinski definition) is 3. The van der Waals surface area contributed by atoms with Gasteiger partial charge >= 0.3 is 0 Å². The van der Waals surface area contributed by atoms with Crippen LogP contribution in [-0.4, -0.2) is 35.4 Å². The number of amides is 1. The number of nitrogens with zero attached hydrogens (tertiary/aromatic N) is 2. The highest BCUT2D eigenvalue weighted by molar-refractivity contribution is 5.95. The fourth-order valence-corrected chi connectivity index (χ4v) is 2.68. The van der Waals surface area contributed by atoms with Crippen molar-refractivity contribution in [3.05, 3.63) is 36.7 Å². The molecule has 0 unspecified atom stereocenters. The number of rotatable bonds is 3. The minimum absolute atomic E-state index is 0.0697. The zero-order chi connectivity index (χ0) is 13.8. The molecule has 0 bridgehead atoms. The van der Waals surface area contributed by atoms with Crippen LogP contribution in [-0.2, 0) is 4.79 Å². The van der Waals surface area contributed by atoms with E-state index in [9.17, 15) is 4.79 Å². The molecule has 2 heterocycles. The summed E-state index contributed by atoms with van der Waals surface area (Å²) in [6.07, 6.45) is 7.29. The second-order valence-electron chi connectivity index (χ2n) is 5.32. The second kappa shape index (κ2) is 6.01. The monoisotopic (exact) mass is 269 g/mol. The van der Waals surface area contributed by atoms with Crippen LogP contribution < -0.4 is 5.32 Å². The highest BCUT2D eigenvalue weighted by Gasteiger charge is 2.13. The zero-order valence-corrected chi connectivity index (χ0v) is 11.5. The van der Waals surface area contributed by atoms with Crippen LogP contribution >= 0.6 is 0 Å². The summed E-state index contributed by atoms with van der Waals surface area (Å²) in [6.45, 7) is 2.57. The van der Waals surface area contributed by atoms with Crippen LogP contribution in [0.5, 0.6) is 0 Å². The molecule has 104 valence electrons. The molecule has 4 nitrogen and oxygen atoms in total. The molecule has 4 heteroatoms. The Kier molecular flexibility index (Phi) is 3.92. The summed E-state index contributed by atoms with van der Waals surface area (Å²) in [7, 11) is 0.